The van der Waals surface area contributed by atoms with Crippen molar-refractivity contribution >= 4 is 16.1 Å². The first kappa shape index (κ1) is 27.0. The molecule has 0 aromatic heterocycles. The van der Waals surface area contributed by atoms with Gasteiger partial charge in [0.25, 0.3) is 0 Å². The Hall–Kier alpha value is -3.57. The quantitative estimate of drug-likeness (QED) is 0.399. The Morgan fingerprint density at radius 2 is 1.46 bits per heavy atom. The summed E-state index contributed by atoms with van der Waals surface area (Å²) in [5.41, 5.74) is -0.0582. The molecule has 206 valence electrons. The minimum atomic E-state index is -4.89. The van der Waals surface area contributed by atoms with Crippen molar-refractivity contribution in [1.82, 2.24) is 9.62 Å². The Balaban J connectivity index is 1.42. The molecular weight excluding hydrogens is 533 g/mol. The molecule has 1 saturated heterocycles. The fourth-order valence-corrected chi connectivity index (χ4v) is 6.50. The monoisotopic (exact) mass is 560 g/mol. The van der Waals surface area contributed by atoms with E-state index < -0.39 is 33.8 Å². The molecule has 0 bridgehead atoms. The van der Waals surface area contributed by atoms with E-state index in [1.165, 1.54) is 0 Å². The Bertz CT molecular complexity index is 1410. The van der Waals surface area contributed by atoms with Gasteiger partial charge in [-0.2, -0.15) is 4.72 Å². The number of sulfonamides is 1. The molecule has 1 saturated carbocycles. The number of rotatable bonds is 7. The van der Waals surface area contributed by atoms with Gasteiger partial charge in [-0.05, 0) is 61.1 Å². The van der Waals surface area contributed by atoms with Crippen molar-refractivity contribution in [2.45, 2.75) is 54.6 Å². The normalized spacial score (nSPS) is 20.4. The summed E-state index contributed by atoms with van der Waals surface area (Å²) >= 11 is 0. The molecule has 11 heteroatoms. The van der Waals surface area contributed by atoms with Crippen LogP contribution in [0.3, 0.4) is 0 Å². The van der Waals surface area contributed by atoms with Crippen LogP contribution in [-0.2, 0) is 26.9 Å². The van der Waals surface area contributed by atoms with E-state index in [9.17, 15) is 26.4 Å². The van der Waals surface area contributed by atoms with E-state index >= 15 is 0 Å². The fraction of sp³-hybridized carbons (Fsp3) is 0.321. The van der Waals surface area contributed by atoms with Crippen LogP contribution in [0, 0.1) is 0 Å². The van der Waals surface area contributed by atoms with Gasteiger partial charge < -0.3 is 14.4 Å². The second-order valence-corrected chi connectivity index (χ2v) is 11.6. The minimum Gasteiger partial charge on any atom is -0.445 e. The predicted octanol–water partition coefficient (Wildman–Crippen LogP) is 5.72. The number of alkyl halides is 3. The Morgan fingerprint density at radius 1 is 0.872 bits per heavy atom. The molecule has 3 aromatic carbocycles. The summed E-state index contributed by atoms with van der Waals surface area (Å²) in [5.74, 6) is -0.528. The number of piperidine rings is 1. The maximum Gasteiger partial charge on any atom is 0.573 e. The maximum absolute atomic E-state index is 13.5. The van der Waals surface area contributed by atoms with Gasteiger partial charge in [0.15, 0.2) is 0 Å². The van der Waals surface area contributed by atoms with E-state index in [1.54, 1.807) is 29.2 Å². The summed E-state index contributed by atoms with van der Waals surface area (Å²) in [6, 6.07) is 22.2. The molecule has 3 aromatic rings. The second-order valence-electron chi connectivity index (χ2n) is 9.92. The van der Waals surface area contributed by atoms with Gasteiger partial charge in [0.05, 0.1) is 10.4 Å². The molecule has 1 spiro atoms. The van der Waals surface area contributed by atoms with Gasteiger partial charge in [-0.1, -0.05) is 60.7 Å². The molecule has 1 unspecified atom stereocenters. The second kappa shape index (κ2) is 10.2. The van der Waals surface area contributed by atoms with E-state index in [1.807, 2.05) is 36.4 Å². The third-order valence-corrected chi connectivity index (χ3v) is 8.85. The molecular formula is C28H27F3N2O5S. The van der Waals surface area contributed by atoms with Crippen LogP contribution in [0.15, 0.2) is 89.8 Å². The topological polar surface area (TPSA) is 84.9 Å². The average molecular weight is 561 g/mol. The summed E-state index contributed by atoms with van der Waals surface area (Å²) < 4.78 is 77.0. The third kappa shape index (κ3) is 6.04. The van der Waals surface area contributed by atoms with Crippen LogP contribution in [0.4, 0.5) is 18.0 Å². The number of hydrogen-bond donors (Lipinski definition) is 1. The Labute approximate surface area is 224 Å². The van der Waals surface area contributed by atoms with Crippen molar-refractivity contribution in [3.05, 3.63) is 96.1 Å². The molecule has 5 rings (SSSR count). The number of benzene rings is 3. The average Bonchev–Trinajstić information content (AvgIpc) is 3.69. The smallest absolute Gasteiger partial charge is 0.445 e. The van der Waals surface area contributed by atoms with E-state index in [2.05, 4.69) is 9.46 Å². The summed E-state index contributed by atoms with van der Waals surface area (Å²) in [4.78, 5) is 14.8. The lowest BCUT2D eigenvalue weighted by Crippen LogP contribution is -2.61. The molecule has 2 aliphatic rings. The molecule has 0 radical (unpaired) electrons. The third-order valence-electron chi connectivity index (χ3n) is 7.29. The van der Waals surface area contributed by atoms with E-state index in [0.717, 1.165) is 42.7 Å². The number of amides is 1. The van der Waals surface area contributed by atoms with Crippen LogP contribution in [0.5, 0.6) is 5.75 Å². The highest BCUT2D eigenvalue weighted by Gasteiger charge is 2.58. The predicted molar refractivity (Wildman–Crippen MR) is 136 cm³/mol. The highest BCUT2D eigenvalue weighted by Crippen LogP contribution is 2.52. The van der Waals surface area contributed by atoms with Gasteiger partial charge in [-0.3, -0.25) is 0 Å². The van der Waals surface area contributed by atoms with Crippen molar-refractivity contribution in [3.63, 3.8) is 0 Å². The summed E-state index contributed by atoms with van der Waals surface area (Å²) in [5, 5.41) is 0. The number of nitrogens with zero attached hydrogens (tertiary/aromatic N) is 1. The summed E-state index contributed by atoms with van der Waals surface area (Å²) in [7, 11) is -4.21. The largest absolute Gasteiger partial charge is 0.573 e. The molecule has 2 fully saturated rings. The first-order valence-electron chi connectivity index (χ1n) is 12.4. The highest BCUT2D eigenvalue weighted by molar-refractivity contribution is 7.89. The van der Waals surface area contributed by atoms with Gasteiger partial charge in [0.1, 0.15) is 12.4 Å². The van der Waals surface area contributed by atoms with Crippen molar-refractivity contribution in [1.29, 1.82) is 0 Å². The van der Waals surface area contributed by atoms with Crippen LogP contribution in [-0.4, -0.2) is 37.9 Å². The van der Waals surface area contributed by atoms with Crippen molar-refractivity contribution in [3.8, 4) is 5.75 Å². The minimum absolute atomic E-state index is 0.0408. The summed E-state index contributed by atoms with van der Waals surface area (Å²) in [6.07, 6.45) is -2.84. The molecule has 1 aliphatic carbocycles. The first-order valence-corrected chi connectivity index (χ1v) is 13.9. The molecule has 1 N–H and O–H groups in total. The van der Waals surface area contributed by atoms with Gasteiger partial charge in [-0.15, -0.1) is 13.2 Å². The first-order chi connectivity index (χ1) is 18.5. The number of halogens is 3. The van der Waals surface area contributed by atoms with Crippen LogP contribution in [0.1, 0.15) is 36.8 Å². The lowest BCUT2D eigenvalue weighted by molar-refractivity contribution is -0.274. The molecule has 1 atom stereocenters. The number of carbonyl (C=O) groups excluding carboxylic acids is 1. The summed E-state index contributed by atoms with van der Waals surface area (Å²) in [6.45, 7) is 0.127. The van der Waals surface area contributed by atoms with E-state index in [-0.39, 0.29) is 23.6 Å². The zero-order chi connectivity index (χ0) is 27.7. The van der Waals surface area contributed by atoms with Gasteiger partial charge in [0, 0.05) is 12.1 Å². The van der Waals surface area contributed by atoms with E-state index in [0.29, 0.717) is 18.4 Å². The van der Waals surface area contributed by atoms with Gasteiger partial charge >= 0.3 is 12.5 Å². The number of ether oxygens (including phenoxy) is 2. The molecule has 1 amide bonds. The zero-order valence-corrected chi connectivity index (χ0v) is 21.7. The highest BCUT2D eigenvalue weighted by atomic mass is 32.2. The Morgan fingerprint density at radius 3 is 2.05 bits per heavy atom. The van der Waals surface area contributed by atoms with E-state index in [4.69, 9.17) is 4.74 Å². The van der Waals surface area contributed by atoms with Crippen molar-refractivity contribution in [2.24, 2.45) is 0 Å². The molecule has 39 heavy (non-hydrogen) atoms. The zero-order valence-electron chi connectivity index (χ0n) is 20.9. The number of likely N-dealkylation sites (tertiary alicyclic amines) is 1. The van der Waals surface area contributed by atoms with Crippen LogP contribution < -0.4 is 9.46 Å². The fourth-order valence-electron chi connectivity index (χ4n) is 5.09. The lowest BCUT2D eigenvalue weighted by atomic mass is 9.80. The van der Waals surface area contributed by atoms with Crippen molar-refractivity contribution < 1.29 is 35.9 Å². The maximum atomic E-state index is 13.5. The number of nitrogens with one attached hydrogen (secondary N) is 1. The Kier molecular flexibility index (Phi) is 7.06. The number of carbonyl (C=O) groups is 1. The van der Waals surface area contributed by atoms with Crippen molar-refractivity contribution in [2.75, 3.05) is 6.54 Å². The lowest BCUT2D eigenvalue weighted by Gasteiger charge is -2.47. The standard InChI is InChI=1S/C28H27F3N2O5S/c29-28(30,31)38-23-11-13-24(14-12-23)39(35,36)32-27(22-9-5-2-6-10-22)18-17-26(15-16-26)33(20-27)25(34)37-19-21-7-3-1-4-8-21/h1-14,32H,15-20H2. The van der Waals surface area contributed by atoms with Crippen LogP contribution >= 0.6 is 0 Å². The van der Waals surface area contributed by atoms with Crippen LogP contribution in [0.2, 0.25) is 0 Å². The van der Waals surface area contributed by atoms with Crippen LogP contribution in [0.25, 0.3) is 0 Å². The molecule has 1 aliphatic heterocycles. The SMILES string of the molecule is O=C(OCc1ccccc1)N1CC(NS(=O)(=O)c2ccc(OC(F)(F)F)cc2)(c2ccccc2)CCC12CC2. The molecule has 7 nitrogen and oxygen atoms in total. The van der Waals surface area contributed by atoms with Gasteiger partial charge in [-0.25, -0.2) is 13.2 Å². The molecule has 1 heterocycles. The number of hydrogen-bond acceptors (Lipinski definition) is 5. The van der Waals surface area contributed by atoms with Gasteiger partial charge in [0.2, 0.25) is 10.0 Å².